The Labute approximate surface area is 636 Å². The summed E-state index contributed by atoms with van der Waals surface area (Å²) < 4.78 is 18.2. The molecule has 0 saturated carbocycles. The maximum absolute atomic E-state index is 6.75. The molecule has 20 aromatic carbocycles. The molecule has 0 atom stereocenters. The molecular weight excluding hydrogens is 1370 g/mol. The van der Waals surface area contributed by atoms with E-state index in [1.807, 2.05) is 18.2 Å². The van der Waals surface area contributed by atoms with E-state index in [4.69, 9.17) is 28.8 Å². The minimum atomic E-state index is 0.737. The monoisotopic (exact) mass is 1420 g/mol. The Bertz CT molecular complexity index is 8770. The predicted molar refractivity (Wildman–Crippen MR) is 467 cm³/mol. The van der Waals surface area contributed by atoms with Crippen molar-refractivity contribution < 1.29 is 8.83 Å². The van der Waals surface area contributed by atoms with Crippen molar-refractivity contribution in [2.75, 3.05) is 0 Å². The van der Waals surface area contributed by atoms with E-state index in [1.54, 1.807) is 0 Å². The van der Waals surface area contributed by atoms with Gasteiger partial charge in [-0.15, -0.1) is 0 Å². The number of benzene rings is 20. The first-order valence-corrected chi connectivity index (χ1v) is 38.2. The Morgan fingerprint density at radius 3 is 1.12 bits per heavy atom. The lowest BCUT2D eigenvalue weighted by atomic mass is 9.89. The summed E-state index contributed by atoms with van der Waals surface area (Å²) in [5, 5.41) is 31.7. The number of hydrogen-bond acceptors (Lipinski definition) is 6. The van der Waals surface area contributed by atoms with Crippen molar-refractivity contribution in [3.8, 4) is 45.3 Å². The highest BCUT2D eigenvalue weighted by Gasteiger charge is 2.30. The van der Waals surface area contributed by atoms with Gasteiger partial charge in [0, 0.05) is 86.5 Å². The average molecular weight is 1420 g/mol. The summed E-state index contributed by atoms with van der Waals surface area (Å²) in [6.45, 7) is 0. The average Bonchev–Trinajstić information content (AvgIpc) is 1.52. The number of fused-ring (bicyclic) bond motifs is 36. The van der Waals surface area contributed by atoms with Crippen LogP contribution in [0.2, 0.25) is 0 Å². The third-order valence-corrected chi connectivity index (χ3v) is 24.4. The van der Waals surface area contributed by atoms with Crippen LogP contribution in [0.1, 0.15) is 0 Å². The van der Waals surface area contributed by atoms with Crippen molar-refractivity contribution in [2.45, 2.75) is 0 Å². The Morgan fingerprint density at radius 1 is 0.205 bits per heavy atom. The molecule has 8 heteroatoms. The third kappa shape index (κ3) is 8.12. The summed E-state index contributed by atoms with van der Waals surface area (Å²) in [7, 11) is 0. The minimum Gasteiger partial charge on any atom is -0.456 e. The molecule has 514 valence electrons. The summed E-state index contributed by atoms with van der Waals surface area (Å²) >= 11 is 0. The molecule has 0 amide bonds. The van der Waals surface area contributed by atoms with Crippen molar-refractivity contribution in [3.05, 3.63) is 340 Å². The maximum atomic E-state index is 6.75. The van der Waals surface area contributed by atoms with Gasteiger partial charge in [-0.05, 0) is 147 Å². The van der Waals surface area contributed by atoms with Crippen LogP contribution in [0.15, 0.2) is 349 Å². The lowest BCUT2D eigenvalue weighted by Crippen LogP contribution is -2.04. The van der Waals surface area contributed by atoms with Crippen molar-refractivity contribution in [3.63, 3.8) is 0 Å². The van der Waals surface area contributed by atoms with Gasteiger partial charge in [0.1, 0.15) is 33.7 Å². The fourth-order valence-corrected chi connectivity index (χ4v) is 19.6. The van der Waals surface area contributed by atoms with E-state index in [0.717, 1.165) is 203 Å². The van der Waals surface area contributed by atoms with Crippen molar-refractivity contribution >= 4 is 217 Å². The zero-order chi connectivity index (χ0) is 72.7. The molecule has 26 rings (SSSR count). The third-order valence-electron chi connectivity index (χ3n) is 24.4. The van der Waals surface area contributed by atoms with E-state index in [9.17, 15) is 0 Å². The topological polar surface area (TPSA) is 87.7 Å². The zero-order valence-corrected chi connectivity index (χ0v) is 59.8. The summed E-state index contributed by atoms with van der Waals surface area (Å²) in [4.78, 5) is 23.9. The second-order valence-corrected chi connectivity index (χ2v) is 30.1. The van der Waals surface area contributed by atoms with Gasteiger partial charge in [0.25, 0.3) is 0 Å². The SMILES string of the molecule is c1ccc2c(c1)ccc1nc(-c3cccc4oc5ccccc5c34)c(-n3c4ccc5c6ccccc6c6cc(-c7ccc8ccc9nc(-n%10c%11ccc%12c%13ccccc%13c%13ccccc%13c%12c%11c%11ccc%12ccccc%12c%11%10)c(-c%10cccc%11oc%12ccccc%12c%10%11)nc9c8c7)ccc6c5c4c4ccc5ccccc5c43)nc12. The van der Waals surface area contributed by atoms with Crippen LogP contribution >= 0.6 is 0 Å². The van der Waals surface area contributed by atoms with E-state index >= 15 is 0 Å². The Kier molecular flexibility index (Phi) is 11.9. The van der Waals surface area contributed by atoms with Gasteiger partial charge >= 0.3 is 0 Å². The van der Waals surface area contributed by atoms with Crippen LogP contribution < -0.4 is 0 Å². The van der Waals surface area contributed by atoms with Crippen molar-refractivity contribution in [2.24, 2.45) is 0 Å². The van der Waals surface area contributed by atoms with Crippen molar-refractivity contribution in [1.29, 1.82) is 0 Å². The summed E-state index contributed by atoms with van der Waals surface area (Å²) in [6, 6.07) is 123. The highest BCUT2D eigenvalue weighted by molar-refractivity contribution is 6.39. The number of para-hydroxylation sites is 2. The van der Waals surface area contributed by atoms with E-state index in [2.05, 4.69) is 331 Å². The molecule has 0 spiro atoms. The van der Waals surface area contributed by atoms with Gasteiger partial charge in [-0.25, -0.2) is 19.9 Å². The standard InChI is InChI=1S/C104H56N6O2/c1-4-22-63-57(19-1)44-51-83-97(63)108-104(99(105-83)77-33-17-37-89-91(77)75-31-13-15-35-87(75)111-89)110-86-54-50-73-69-28-9-10-29-70(69)82-56-62(43-46-74(82)94(73)96(86)80-48-42-59-21-3-6-24-65(59)102(80)110)61-40-39-60-45-52-84-98(81(60)55-61)107-100(78-34-18-38-90-92(78)76-32-14-16-36-88(76)112-90)103(106-84)109-85-53-49-72-68-27-8-7-25-66(68)67-26-11-12-30-71(67)93(72)95(85)79-47-41-58-20-2-5-23-64(58)101(79)109/h1-56H. The quantitative estimate of drug-likeness (QED) is 0.160. The number of rotatable bonds is 5. The minimum absolute atomic E-state index is 0.737. The second-order valence-electron chi connectivity index (χ2n) is 30.1. The van der Waals surface area contributed by atoms with E-state index in [1.165, 1.54) is 59.2 Å². The largest absolute Gasteiger partial charge is 0.456 e. The van der Waals surface area contributed by atoms with Gasteiger partial charge in [0.2, 0.25) is 0 Å². The van der Waals surface area contributed by atoms with Crippen molar-refractivity contribution in [1.82, 2.24) is 29.1 Å². The Hall–Kier alpha value is -15.1. The number of furan rings is 2. The molecule has 0 radical (unpaired) electrons. The number of nitrogens with zero attached hydrogens (tertiary/aromatic N) is 6. The van der Waals surface area contributed by atoms with Crippen LogP contribution in [0.3, 0.4) is 0 Å². The summed E-state index contributed by atoms with van der Waals surface area (Å²) in [5.41, 5.74) is 16.3. The van der Waals surface area contributed by atoms with Crippen LogP contribution in [0.4, 0.5) is 0 Å². The van der Waals surface area contributed by atoms with Gasteiger partial charge < -0.3 is 8.83 Å². The van der Waals surface area contributed by atoms with Crippen LogP contribution in [0, 0.1) is 0 Å². The molecule has 0 saturated heterocycles. The summed E-state index contributed by atoms with van der Waals surface area (Å²) in [5.74, 6) is 1.48. The first-order chi connectivity index (χ1) is 55.6. The van der Waals surface area contributed by atoms with E-state index in [-0.39, 0.29) is 0 Å². The van der Waals surface area contributed by atoms with Gasteiger partial charge in [-0.2, -0.15) is 0 Å². The van der Waals surface area contributed by atoms with Gasteiger partial charge in [-0.1, -0.05) is 279 Å². The maximum Gasteiger partial charge on any atom is 0.165 e. The molecule has 0 bridgehead atoms. The fraction of sp³-hybridized carbons (Fsp3) is 0. The molecule has 8 nitrogen and oxygen atoms in total. The highest BCUT2D eigenvalue weighted by Crippen LogP contribution is 2.51. The lowest BCUT2D eigenvalue weighted by Gasteiger charge is -2.17. The first kappa shape index (κ1) is 60.0. The number of aromatic nitrogens is 6. The van der Waals surface area contributed by atoms with Crippen LogP contribution in [0.25, 0.3) is 263 Å². The van der Waals surface area contributed by atoms with Gasteiger partial charge in [-0.3, -0.25) is 9.13 Å². The second kappa shape index (κ2) is 22.3. The van der Waals surface area contributed by atoms with E-state index < -0.39 is 0 Å². The predicted octanol–water partition coefficient (Wildman–Crippen LogP) is 28.1. The first-order valence-electron chi connectivity index (χ1n) is 38.2. The Balaban J connectivity index is 0.730. The van der Waals surface area contributed by atoms with Crippen LogP contribution in [-0.2, 0) is 0 Å². The lowest BCUT2D eigenvalue weighted by molar-refractivity contribution is 0.668. The number of hydrogen-bond donors (Lipinski definition) is 0. The molecule has 112 heavy (non-hydrogen) atoms. The zero-order valence-electron chi connectivity index (χ0n) is 59.8. The molecule has 6 heterocycles. The molecule has 0 aliphatic heterocycles. The smallest absolute Gasteiger partial charge is 0.165 e. The molecular formula is C104H56N6O2. The molecule has 0 aliphatic carbocycles. The van der Waals surface area contributed by atoms with Gasteiger partial charge in [0.15, 0.2) is 11.6 Å². The normalized spacial score (nSPS) is 12.5. The highest BCUT2D eigenvalue weighted by atomic mass is 16.3. The van der Waals surface area contributed by atoms with Gasteiger partial charge in [0.05, 0.1) is 44.1 Å². The fourth-order valence-electron chi connectivity index (χ4n) is 19.6. The molecule has 0 unspecified atom stereocenters. The molecule has 26 aromatic rings. The van der Waals surface area contributed by atoms with E-state index in [0.29, 0.717) is 0 Å². The summed E-state index contributed by atoms with van der Waals surface area (Å²) in [6.07, 6.45) is 0. The Morgan fingerprint density at radius 2 is 0.562 bits per heavy atom. The molecule has 0 aliphatic rings. The molecule has 6 aromatic heterocycles. The van der Waals surface area contributed by atoms with Crippen LogP contribution in [0.5, 0.6) is 0 Å². The van der Waals surface area contributed by atoms with Crippen LogP contribution in [-0.4, -0.2) is 29.1 Å². The molecule has 0 fully saturated rings. The molecule has 0 N–H and O–H groups in total.